The van der Waals surface area contributed by atoms with Crippen LogP contribution in [-0.2, 0) is 11.3 Å². The summed E-state index contributed by atoms with van der Waals surface area (Å²) in [4.78, 5) is 30.3. The molecule has 29 heavy (non-hydrogen) atoms. The predicted octanol–water partition coefficient (Wildman–Crippen LogP) is 4.85. The van der Waals surface area contributed by atoms with E-state index in [0.29, 0.717) is 30.3 Å². The van der Waals surface area contributed by atoms with Crippen molar-refractivity contribution >= 4 is 34.3 Å². The minimum absolute atomic E-state index is 0.0389. The molecule has 1 aliphatic carbocycles. The van der Waals surface area contributed by atoms with Crippen molar-refractivity contribution < 1.29 is 4.79 Å². The van der Waals surface area contributed by atoms with Crippen LogP contribution in [0.4, 0.5) is 5.69 Å². The maximum Gasteiger partial charge on any atom is 0.261 e. The van der Waals surface area contributed by atoms with Crippen molar-refractivity contribution in [1.82, 2.24) is 9.55 Å². The van der Waals surface area contributed by atoms with Gasteiger partial charge in [0.1, 0.15) is 0 Å². The summed E-state index contributed by atoms with van der Waals surface area (Å²) in [7, 11) is 0. The van der Waals surface area contributed by atoms with Crippen molar-refractivity contribution in [3.8, 4) is 0 Å². The van der Waals surface area contributed by atoms with Crippen LogP contribution in [-0.4, -0.2) is 20.7 Å². The number of aromatic nitrogens is 2. The molecule has 0 saturated heterocycles. The molecule has 3 aromatic rings. The number of amides is 1. The second-order valence-electron chi connectivity index (χ2n) is 7.46. The number of rotatable bonds is 7. The minimum atomic E-state index is -0.0636. The molecule has 1 aliphatic rings. The molecule has 1 amide bonds. The van der Waals surface area contributed by atoms with Crippen molar-refractivity contribution in [3.63, 3.8) is 0 Å². The lowest BCUT2D eigenvalue weighted by atomic mass is 10.2. The van der Waals surface area contributed by atoms with Crippen LogP contribution in [0.5, 0.6) is 0 Å². The molecule has 0 spiro atoms. The third-order valence-corrected chi connectivity index (χ3v) is 6.63. The Morgan fingerprint density at radius 2 is 1.86 bits per heavy atom. The summed E-state index contributed by atoms with van der Waals surface area (Å²) in [5, 5.41) is 4.29. The molecule has 4 rings (SSSR count). The zero-order valence-corrected chi connectivity index (χ0v) is 17.2. The lowest BCUT2D eigenvalue weighted by Crippen LogP contribution is -2.21. The fraction of sp³-hybridized carbons (Fsp3) is 0.348. The molecule has 6 heteroatoms. The molecule has 0 unspecified atom stereocenters. The number of aryl methyl sites for hydroxylation is 1. The lowest BCUT2D eigenvalue weighted by Gasteiger charge is -2.10. The normalized spacial score (nSPS) is 14.3. The minimum Gasteiger partial charge on any atom is -0.326 e. The summed E-state index contributed by atoms with van der Waals surface area (Å²) in [5.41, 5.74) is 1.45. The van der Waals surface area contributed by atoms with Gasteiger partial charge in [0.2, 0.25) is 5.91 Å². The van der Waals surface area contributed by atoms with E-state index >= 15 is 0 Å². The zero-order chi connectivity index (χ0) is 20.1. The topological polar surface area (TPSA) is 64.0 Å². The molecular weight excluding hydrogens is 382 g/mol. The Labute approximate surface area is 174 Å². The molecule has 5 nitrogen and oxygen atoms in total. The summed E-state index contributed by atoms with van der Waals surface area (Å²) in [5.74, 6) is -0.0389. The standard InChI is InChI=1S/C23H25N3O2S/c27-22(25-17-11-13-19(14-12-17)29-18-6-1-2-7-18)10-5-15-26-16-24-21-9-4-3-8-20(21)23(26)28/h3-4,8-9,11-14,16,18H,1-2,5-7,10,15H2,(H,25,27). The zero-order valence-electron chi connectivity index (χ0n) is 16.3. The van der Waals surface area contributed by atoms with Crippen LogP contribution in [0.3, 0.4) is 0 Å². The highest BCUT2D eigenvalue weighted by atomic mass is 32.2. The largest absolute Gasteiger partial charge is 0.326 e. The predicted molar refractivity (Wildman–Crippen MR) is 118 cm³/mol. The van der Waals surface area contributed by atoms with Crippen LogP contribution < -0.4 is 10.9 Å². The Bertz CT molecular complexity index is 1040. The third kappa shape index (κ3) is 5.07. The van der Waals surface area contributed by atoms with E-state index in [1.165, 1.54) is 30.6 Å². The van der Waals surface area contributed by atoms with Gasteiger partial charge < -0.3 is 5.32 Å². The van der Waals surface area contributed by atoms with Gasteiger partial charge in [-0.05, 0) is 55.7 Å². The summed E-state index contributed by atoms with van der Waals surface area (Å²) in [6.45, 7) is 0.473. The van der Waals surface area contributed by atoms with Crippen LogP contribution in [0.1, 0.15) is 38.5 Å². The smallest absolute Gasteiger partial charge is 0.261 e. The van der Waals surface area contributed by atoms with Gasteiger partial charge in [0.25, 0.3) is 5.56 Å². The van der Waals surface area contributed by atoms with Crippen molar-refractivity contribution in [2.45, 2.75) is 55.2 Å². The number of carbonyl (C=O) groups excluding carboxylic acids is 1. The van der Waals surface area contributed by atoms with Crippen LogP contribution in [0.2, 0.25) is 0 Å². The number of anilines is 1. The molecule has 0 radical (unpaired) electrons. The molecule has 1 fully saturated rings. The number of thioether (sulfide) groups is 1. The van der Waals surface area contributed by atoms with Gasteiger partial charge in [0, 0.05) is 28.8 Å². The van der Waals surface area contributed by atoms with Gasteiger partial charge in [-0.1, -0.05) is 25.0 Å². The number of benzene rings is 2. The molecule has 1 aromatic heterocycles. The average molecular weight is 408 g/mol. The van der Waals surface area contributed by atoms with E-state index in [0.717, 1.165) is 10.9 Å². The van der Waals surface area contributed by atoms with E-state index in [2.05, 4.69) is 22.4 Å². The number of hydrogen-bond acceptors (Lipinski definition) is 4. The van der Waals surface area contributed by atoms with E-state index in [4.69, 9.17) is 0 Å². The Balaban J connectivity index is 1.27. The Morgan fingerprint density at radius 3 is 2.66 bits per heavy atom. The quantitative estimate of drug-likeness (QED) is 0.608. The summed E-state index contributed by atoms with van der Waals surface area (Å²) in [6, 6.07) is 15.4. The maximum absolute atomic E-state index is 12.5. The Kier molecular flexibility index (Phi) is 6.30. The van der Waals surface area contributed by atoms with Gasteiger partial charge in [-0.15, -0.1) is 11.8 Å². The molecule has 0 aliphatic heterocycles. The third-order valence-electron chi connectivity index (χ3n) is 5.28. The number of fused-ring (bicyclic) bond motifs is 1. The Morgan fingerprint density at radius 1 is 1.10 bits per heavy atom. The van der Waals surface area contributed by atoms with Crippen molar-refractivity contribution in [2.75, 3.05) is 5.32 Å². The molecular formula is C23H25N3O2S. The molecule has 1 saturated carbocycles. The number of carbonyl (C=O) groups is 1. The van der Waals surface area contributed by atoms with Crippen LogP contribution in [0.15, 0.2) is 64.5 Å². The first-order valence-electron chi connectivity index (χ1n) is 10.2. The number of nitrogens with one attached hydrogen (secondary N) is 1. The highest BCUT2D eigenvalue weighted by molar-refractivity contribution is 8.00. The van der Waals surface area contributed by atoms with Gasteiger partial charge in [0.05, 0.1) is 17.2 Å². The number of para-hydroxylation sites is 1. The summed E-state index contributed by atoms with van der Waals surface area (Å²) in [6.07, 6.45) is 7.79. The molecule has 2 aromatic carbocycles. The average Bonchev–Trinajstić information content (AvgIpc) is 3.24. The van der Waals surface area contributed by atoms with Gasteiger partial charge in [-0.25, -0.2) is 4.98 Å². The van der Waals surface area contributed by atoms with Crippen molar-refractivity contribution in [1.29, 1.82) is 0 Å². The molecule has 1 N–H and O–H groups in total. The molecule has 1 heterocycles. The van der Waals surface area contributed by atoms with Crippen LogP contribution in [0.25, 0.3) is 10.9 Å². The first-order chi connectivity index (χ1) is 14.2. The van der Waals surface area contributed by atoms with E-state index in [1.54, 1.807) is 17.0 Å². The maximum atomic E-state index is 12.5. The van der Waals surface area contributed by atoms with Crippen LogP contribution in [0, 0.1) is 0 Å². The first kappa shape index (κ1) is 19.7. The molecule has 150 valence electrons. The number of hydrogen-bond donors (Lipinski definition) is 1. The molecule has 0 atom stereocenters. The van der Waals surface area contributed by atoms with Crippen LogP contribution >= 0.6 is 11.8 Å². The Hall–Kier alpha value is -2.60. The second-order valence-corrected chi connectivity index (χ2v) is 8.83. The van der Waals surface area contributed by atoms with E-state index in [1.807, 2.05) is 42.1 Å². The summed E-state index contributed by atoms with van der Waals surface area (Å²) >= 11 is 1.94. The van der Waals surface area contributed by atoms with E-state index in [-0.39, 0.29) is 11.5 Å². The second kappa shape index (κ2) is 9.27. The summed E-state index contributed by atoms with van der Waals surface area (Å²) < 4.78 is 1.57. The first-order valence-corrected chi connectivity index (χ1v) is 11.1. The monoisotopic (exact) mass is 407 g/mol. The van der Waals surface area contributed by atoms with Gasteiger partial charge in [0.15, 0.2) is 0 Å². The SMILES string of the molecule is O=C(CCCn1cnc2ccccc2c1=O)Nc1ccc(SC2CCCC2)cc1. The number of nitrogens with zero attached hydrogens (tertiary/aromatic N) is 2. The molecule has 0 bridgehead atoms. The van der Waals surface area contributed by atoms with Crippen molar-refractivity contribution in [3.05, 3.63) is 65.2 Å². The van der Waals surface area contributed by atoms with E-state index in [9.17, 15) is 9.59 Å². The van der Waals surface area contributed by atoms with E-state index < -0.39 is 0 Å². The fourth-order valence-electron chi connectivity index (χ4n) is 3.71. The highest BCUT2D eigenvalue weighted by Crippen LogP contribution is 2.34. The lowest BCUT2D eigenvalue weighted by molar-refractivity contribution is -0.116. The van der Waals surface area contributed by atoms with Gasteiger partial charge >= 0.3 is 0 Å². The van der Waals surface area contributed by atoms with Crippen molar-refractivity contribution in [2.24, 2.45) is 0 Å². The fourth-order valence-corrected chi connectivity index (χ4v) is 4.96. The van der Waals surface area contributed by atoms with Gasteiger partial charge in [-0.2, -0.15) is 0 Å². The van der Waals surface area contributed by atoms with Gasteiger partial charge in [-0.3, -0.25) is 14.2 Å². The highest BCUT2D eigenvalue weighted by Gasteiger charge is 2.16.